The van der Waals surface area contributed by atoms with Crippen LogP contribution in [0, 0.1) is 29.6 Å². The van der Waals surface area contributed by atoms with Crippen LogP contribution in [0.5, 0.6) is 0 Å². The largest absolute Gasteiger partial charge is 0.481 e. The Hall–Kier alpha value is -2.65. The highest BCUT2D eigenvalue weighted by molar-refractivity contribution is 5.92. The fraction of sp³-hybridized carbons (Fsp3) is 0.545. The summed E-state index contributed by atoms with van der Waals surface area (Å²) in [5, 5.41) is 45.1. The molecule has 0 saturated heterocycles. The Bertz CT molecular complexity index is 471. The summed E-state index contributed by atoms with van der Waals surface area (Å²) in [5.74, 6) is -18.5. The summed E-state index contributed by atoms with van der Waals surface area (Å²) < 4.78 is 0. The summed E-state index contributed by atoms with van der Waals surface area (Å²) in [5.41, 5.74) is 0. The van der Waals surface area contributed by atoms with Gasteiger partial charge in [0.2, 0.25) is 0 Å². The van der Waals surface area contributed by atoms with Gasteiger partial charge in [0.05, 0.1) is 29.6 Å². The SMILES string of the molecule is O=C(O)C1C[C@@H](C(=O)O)[C@H](C(=O)O)C(C(=O)O)C1C(=O)O. The molecule has 1 fully saturated rings. The molecule has 10 heteroatoms. The lowest BCUT2D eigenvalue weighted by atomic mass is 9.61. The van der Waals surface area contributed by atoms with Crippen molar-refractivity contribution in [3.05, 3.63) is 0 Å². The van der Waals surface area contributed by atoms with Gasteiger partial charge >= 0.3 is 29.8 Å². The molecule has 0 spiro atoms. The number of hydrogen-bond donors (Lipinski definition) is 5. The second-order valence-electron chi connectivity index (χ2n) is 4.72. The van der Waals surface area contributed by atoms with E-state index in [0.717, 1.165) is 0 Å². The molecule has 0 aromatic heterocycles. The molecule has 1 aliphatic rings. The van der Waals surface area contributed by atoms with Crippen LogP contribution in [0.25, 0.3) is 0 Å². The summed E-state index contributed by atoms with van der Waals surface area (Å²) in [6.45, 7) is 0. The van der Waals surface area contributed by atoms with Crippen molar-refractivity contribution in [2.45, 2.75) is 6.42 Å². The first kappa shape index (κ1) is 16.4. The molecule has 3 unspecified atom stereocenters. The highest BCUT2D eigenvalue weighted by atomic mass is 16.4. The van der Waals surface area contributed by atoms with Gasteiger partial charge in [-0.25, -0.2) is 0 Å². The monoisotopic (exact) mass is 304 g/mol. The van der Waals surface area contributed by atoms with Gasteiger partial charge in [-0.15, -0.1) is 0 Å². The van der Waals surface area contributed by atoms with Crippen molar-refractivity contribution in [1.29, 1.82) is 0 Å². The first-order chi connectivity index (χ1) is 9.59. The van der Waals surface area contributed by atoms with Crippen LogP contribution in [0.1, 0.15) is 6.42 Å². The van der Waals surface area contributed by atoms with Crippen LogP contribution >= 0.6 is 0 Å². The molecule has 5 atom stereocenters. The number of carbonyl (C=O) groups is 5. The predicted octanol–water partition coefficient (Wildman–Crippen LogP) is -1.11. The number of aliphatic carboxylic acids is 5. The summed E-state index contributed by atoms with van der Waals surface area (Å²) >= 11 is 0. The normalized spacial score (nSPS) is 32.1. The van der Waals surface area contributed by atoms with Crippen LogP contribution in [-0.4, -0.2) is 55.4 Å². The van der Waals surface area contributed by atoms with E-state index in [2.05, 4.69) is 0 Å². The maximum atomic E-state index is 11.2. The van der Waals surface area contributed by atoms with Gasteiger partial charge in [0.15, 0.2) is 0 Å². The lowest BCUT2D eigenvalue weighted by Gasteiger charge is -2.38. The van der Waals surface area contributed by atoms with Gasteiger partial charge in [-0.1, -0.05) is 0 Å². The van der Waals surface area contributed by atoms with Crippen LogP contribution in [0.4, 0.5) is 0 Å². The number of carboxylic acids is 5. The third kappa shape index (κ3) is 2.93. The molecule has 0 bridgehead atoms. The minimum absolute atomic E-state index is 0.762. The number of hydrogen-bond acceptors (Lipinski definition) is 5. The first-order valence-electron chi connectivity index (χ1n) is 5.73. The average molecular weight is 304 g/mol. The number of carboxylic acid groups (broad SMARTS) is 5. The molecule has 0 aliphatic heterocycles. The lowest BCUT2D eigenvalue weighted by molar-refractivity contribution is -0.180. The van der Waals surface area contributed by atoms with E-state index in [-0.39, 0.29) is 0 Å². The Kier molecular flexibility index (Phi) is 4.51. The van der Waals surface area contributed by atoms with E-state index in [1.807, 2.05) is 0 Å². The summed E-state index contributed by atoms with van der Waals surface area (Å²) in [7, 11) is 0. The number of rotatable bonds is 5. The molecule has 0 aromatic carbocycles. The van der Waals surface area contributed by atoms with E-state index in [1.165, 1.54) is 0 Å². The van der Waals surface area contributed by atoms with E-state index in [1.54, 1.807) is 0 Å². The Morgan fingerprint density at radius 1 is 0.524 bits per heavy atom. The van der Waals surface area contributed by atoms with E-state index in [4.69, 9.17) is 25.5 Å². The molecule has 0 aromatic rings. The van der Waals surface area contributed by atoms with Crippen molar-refractivity contribution in [3.63, 3.8) is 0 Å². The molecule has 21 heavy (non-hydrogen) atoms. The fourth-order valence-corrected chi connectivity index (χ4v) is 2.76. The van der Waals surface area contributed by atoms with Gasteiger partial charge in [-0.3, -0.25) is 24.0 Å². The Labute approximate surface area is 116 Å². The van der Waals surface area contributed by atoms with Crippen LogP contribution in [-0.2, 0) is 24.0 Å². The summed E-state index contributed by atoms with van der Waals surface area (Å²) in [4.78, 5) is 55.7. The fourth-order valence-electron chi connectivity index (χ4n) is 2.76. The second-order valence-corrected chi connectivity index (χ2v) is 4.72. The van der Waals surface area contributed by atoms with Gasteiger partial charge in [-0.2, -0.15) is 0 Å². The van der Waals surface area contributed by atoms with E-state index in [9.17, 15) is 24.0 Å². The van der Waals surface area contributed by atoms with E-state index in [0.29, 0.717) is 0 Å². The maximum absolute atomic E-state index is 11.2. The zero-order valence-corrected chi connectivity index (χ0v) is 10.4. The van der Waals surface area contributed by atoms with Crippen LogP contribution in [0.2, 0.25) is 0 Å². The molecular formula is C11H12O10. The third-order valence-corrected chi connectivity index (χ3v) is 3.64. The van der Waals surface area contributed by atoms with Crippen LogP contribution < -0.4 is 0 Å². The highest BCUT2D eigenvalue weighted by Gasteiger charge is 2.58. The Morgan fingerprint density at radius 2 is 0.810 bits per heavy atom. The smallest absolute Gasteiger partial charge is 0.308 e. The Morgan fingerprint density at radius 3 is 1.00 bits per heavy atom. The first-order valence-corrected chi connectivity index (χ1v) is 5.73. The van der Waals surface area contributed by atoms with Crippen molar-refractivity contribution in [3.8, 4) is 0 Å². The summed E-state index contributed by atoms with van der Waals surface area (Å²) in [6, 6.07) is 0. The van der Waals surface area contributed by atoms with E-state index < -0.39 is 65.9 Å². The van der Waals surface area contributed by atoms with Gasteiger partial charge in [0.1, 0.15) is 0 Å². The molecule has 0 amide bonds. The molecule has 1 aliphatic carbocycles. The second kappa shape index (κ2) is 5.77. The maximum Gasteiger partial charge on any atom is 0.308 e. The minimum atomic E-state index is -2.14. The Balaban J connectivity index is 3.45. The van der Waals surface area contributed by atoms with Crippen molar-refractivity contribution in [2.24, 2.45) is 29.6 Å². The molecule has 116 valence electrons. The highest BCUT2D eigenvalue weighted by Crippen LogP contribution is 2.43. The minimum Gasteiger partial charge on any atom is -0.481 e. The molecule has 0 radical (unpaired) electrons. The molecule has 1 saturated carbocycles. The van der Waals surface area contributed by atoms with Crippen molar-refractivity contribution >= 4 is 29.8 Å². The van der Waals surface area contributed by atoms with Gasteiger partial charge < -0.3 is 25.5 Å². The summed E-state index contributed by atoms with van der Waals surface area (Å²) in [6.07, 6.45) is -0.762. The van der Waals surface area contributed by atoms with Gasteiger partial charge in [-0.05, 0) is 6.42 Å². The molecule has 5 N–H and O–H groups in total. The van der Waals surface area contributed by atoms with Crippen molar-refractivity contribution < 1.29 is 49.5 Å². The van der Waals surface area contributed by atoms with Crippen molar-refractivity contribution in [2.75, 3.05) is 0 Å². The average Bonchev–Trinajstić information content (AvgIpc) is 2.34. The quantitative estimate of drug-likeness (QED) is 0.417. The predicted molar refractivity (Wildman–Crippen MR) is 60.2 cm³/mol. The molecule has 0 heterocycles. The molecule has 1 rings (SSSR count). The molecule has 10 nitrogen and oxygen atoms in total. The van der Waals surface area contributed by atoms with Crippen LogP contribution in [0.3, 0.4) is 0 Å². The topological polar surface area (TPSA) is 186 Å². The molecular weight excluding hydrogens is 292 g/mol. The van der Waals surface area contributed by atoms with Crippen LogP contribution in [0.15, 0.2) is 0 Å². The van der Waals surface area contributed by atoms with E-state index >= 15 is 0 Å². The third-order valence-electron chi connectivity index (χ3n) is 3.64. The zero-order valence-electron chi connectivity index (χ0n) is 10.4. The van der Waals surface area contributed by atoms with Gasteiger partial charge in [0, 0.05) is 0 Å². The zero-order chi connectivity index (χ0) is 16.5. The van der Waals surface area contributed by atoms with Crippen molar-refractivity contribution in [1.82, 2.24) is 0 Å². The standard InChI is InChI=1S/C11H12O10/c12-7(13)2-1-3(8(14)15)5(10(18)19)6(11(20)21)4(2)9(16)17/h2-6H,1H2,(H,12,13)(H,14,15)(H,16,17)(H,18,19)(H,20,21)/t2-,3?,4+,5?,6?/m1/s1. The lowest BCUT2D eigenvalue weighted by Crippen LogP contribution is -2.53. The van der Waals surface area contributed by atoms with Gasteiger partial charge in [0.25, 0.3) is 0 Å².